The van der Waals surface area contributed by atoms with E-state index >= 15 is 0 Å². The molecule has 2 aliphatic rings. The second kappa shape index (κ2) is 8.08. The number of nitrogens with zero attached hydrogens (tertiary/aromatic N) is 3. The molecular weight excluding hydrogens is 268 g/mol. The van der Waals surface area contributed by atoms with Crippen molar-refractivity contribution in [3.63, 3.8) is 0 Å². The molecule has 2 saturated heterocycles. The SMILES string of the molecule is CN1CCOC(CNC2CCN(CC(=O)N(C)C)CC2)C1. The number of likely N-dealkylation sites (tertiary alicyclic amines) is 1. The number of carbonyl (C=O) groups excluding carboxylic acids is 1. The molecule has 0 saturated carbocycles. The molecule has 1 unspecified atom stereocenters. The third-order valence-corrected chi connectivity index (χ3v) is 4.42. The van der Waals surface area contributed by atoms with Crippen molar-refractivity contribution in [1.29, 1.82) is 0 Å². The second-order valence-electron chi connectivity index (χ2n) is 6.50. The van der Waals surface area contributed by atoms with Gasteiger partial charge in [-0.05, 0) is 19.9 Å². The molecule has 0 radical (unpaired) electrons. The summed E-state index contributed by atoms with van der Waals surface area (Å²) in [5.74, 6) is 0.194. The van der Waals surface area contributed by atoms with Gasteiger partial charge in [0.25, 0.3) is 0 Å². The van der Waals surface area contributed by atoms with E-state index in [9.17, 15) is 4.79 Å². The van der Waals surface area contributed by atoms with Gasteiger partial charge in [-0.25, -0.2) is 0 Å². The van der Waals surface area contributed by atoms with Crippen LogP contribution in [0.5, 0.6) is 0 Å². The highest BCUT2D eigenvalue weighted by Crippen LogP contribution is 2.11. The summed E-state index contributed by atoms with van der Waals surface area (Å²) in [6.45, 7) is 6.39. The summed E-state index contributed by atoms with van der Waals surface area (Å²) in [7, 11) is 5.78. The first-order valence-corrected chi connectivity index (χ1v) is 8.00. The summed E-state index contributed by atoms with van der Waals surface area (Å²) in [6.07, 6.45) is 2.55. The zero-order valence-electron chi connectivity index (χ0n) is 13.7. The van der Waals surface area contributed by atoms with Gasteiger partial charge < -0.3 is 19.9 Å². The van der Waals surface area contributed by atoms with E-state index in [2.05, 4.69) is 22.2 Å². The molecule has 0 aromatic heterocycles. The van der Waals surface area contributed by atoms with Crippen molar-refractivity contribution < 1.29 is 9.53 Å². The Morgan fingerprint density at radius 3 is 2.62 bits per heavy atom. The van der Waals surface area contributed by atoms with Gasteiger partial charge in [0.2, 0.25) is 5.91 Å². The van der Waals surface area contributed by atoms with Crippen molar-refractivity contribution in [1.82, 2.24) is 20.0 Å². The van der Waals surface area contributed by atoms with Crippen LogP contribution in [0.3, 0.4) is 0 Å². The minimum atomic E-state index is 0.194. The van der Waals surface area contributed by atoms with Gasteiger partial charge >= 0.3 is 0 Å². The van der Waals surface area contributed by atoms with Gasteiger partial charge in [0.1, 0.15) is 0 Å². The largest absolute Gasteiger partial charge is 0.374 e. The van der Waals surface area contributed by atoms with E-state index in [-0.39, 0.29) is 5.91 Å². The average molecular weight is 298 g/mol. The fourth-order valence-corrected chi connectivity index (χ4v) is 2.92. The molecule has 2 rings (SSSR count). The number of hydrogen-bond acceptors (Lipinski definition) is 5. The van der Waals surface area contributed by atoms with Gasteiger partial charge in [-0.15, -0.1) is 0 Å². The van der Waals surface area contributed by atoms with Gasteiger partial charge in [0.05, 0.1) is 19.3 Å². The van der Waals surface area contributed by atoms with Crippen LogP contribution >= 0.6 is 0 Å². The van der Waals surface area contributed by atoms with Gasteiger partial charge in [-0.2, -0.15) is 0 Å². The summed E-state index contributed by atoms with van der Waals surface area (Å²) in [5, 5.41) is 3.63. The standard InChI is InChI=1S/C15H30N4O2/c1-17(2)15(20)12-19-6-4-13(5-7-19)16-10-14-11-18(3)8-9-21-14/h13-14,16H,4-12H2,1-3H3. The monoisotopic (exact) mass is 298 g/mol. The topological polar surface area (TPSA) is 48.1 Å². The zero-order valence-corrected chi connectivity index (χ0v) is 13.7. The lowest BCUT2D eigenvalue weighted by molar-refractivity contribution is -0.130. The highest BCUT2D eigenvalue weighted by molar-refractivity contribution is 5.77. The lowest BCUT2D eigenvalue weighted by Gasteiger charge is -2.35. The van der Waals surface area contributed by atoms with Crippen LogP contribution in [0.4, 0.5) is 0 Å². The Morgan fingerprint density at radius 2 is 2.00 bits per heavy atom. The number of piperidine rings is 1. The number of rotatable bonds is 5. The molecule has 0 aromatic rings. The molecule has 1 amide bonds. The summed E-state index contributed by atoms with van der Waals surface area (Å²) in [4.78, 5) is 18.0. The van der Waals surface area contributed by atoms with Crippen molar-refractivity contribution in [3.05, 3.63) is 0 Å². The number of amides is 1. The molecule has 0 bridgehead atoms. The average Bonchev–Trinajstić information content (AvgIpc) is 2.46. The van der Waals surface area contributed by atoms with Crippen LogP contribution in [-0.2, 0) is 9.53 Å². The number of ether oxygens (including phenoxy) is 1. The third kappa shape index (κ3) is 5.54. The van der Waals surface area contributed by atoms with Crippen LogP contribution in [0.1, 0.15) is 12.8 Å². The van der Waals surface area contributed by atoms with Gasteiger partial charge in [0, 0.05) is 52.9 Å². The fourth-order valence-electron chi connectivity index (χ4n) is 2.92. The Hall–Kier alpha value is -0.690. The van der Waals surface area contributed by atoms with Crippen molar-refractivity contribution in [3.8, 4) is 0 Å². The summed E-state index contributed by atoms with van der Waals surface area (Å²) >= 11 is 0. The van der Waals surface area contributed by atoms with Crippen molar-refractivity contribution in [2.45, 2.75) is 25.0 Å². The lowest BCUT2D eigenvalue weighted by atomic mass is 10.0. The number of morpholine rings is 1. The van der Waals surface area contributed by atoms with E-state index in [1.807, 2.05) is 14.1 Å². The van der Waals surface area contributed by atoms with Gasteiger partial charge in [-0.1, -0.05) is 0 Å². The first-order chi connectivity index (χ1) is 10.0. The molecule has 21 heavy (non-hydrogen) atoms. The van der Waals surface area contributed by atoms with Gasteiger partial charge in [0.15, 0.2) is 0 Å². The Labute approximate surface area is 128 Å². The van der Waals surface area contributed by atoms with Crippen molar-refractivity contribution in [2.75, 3.05) is 67.0 Å². The first kappa shape index (κ1) is 16.7. The molecule has 122 valence electrons. The molecule has 6 nitrogen and oxygen atoms in total. The highest BCUT2D eigenvalue weighted by Gasteiger charge is 2.23. The molecule has 0 aromatic carbocycles. The maximum atomic E-state index is 11.7. The predicted molar refractivity (Wildman–Crippen MR) is 83.4 cm³/mol. The van der Waals surface area contributed by atoms with Crippen molar-refractivity contribution in [2.24, 2.45) is 0 Å². The van der Waals surface area contributed by atoms with E-state index < -0.39 is 0 Å². The maximum absolute atomic E-state index is 11.7. The minimum absolute atomic E-state index is 0.194. The quantitative estimate of drug-likeness (QED) is 0.739. The molecular formula is C15H30N4O2. The second-order valence-corrected chi connectivity index (χ2v) is 6.50. The highest BCUT2D eigenvalue weighted by atomic mass is 16.5. The number of carbonyl (C=O) groups is 1. The van der Waals surface area contributed by atoms with E-state index in [0.717, 1.165) is 52.2 Å². The van der Waals surface area contributed by atoms with E-state index in [1.165, 1.54) is 0 Å². The van der Waals surface area contributed by atoms with E-state index in [4.69, 9.17) is 4.74 Å². The minimum Gasteiger partial charge on any atom is -0.374 e. The lowest BCUT2D eigenvalue weighted by Crippen LogP contribution is -2.50. The molecule has 1 atom stereocenters. The smallest absolute Gasteiger partial charge is 0.236 e. The normalized spacial score (nSPS) is 26.0. The Morgan fingerprint density at radius 1 is 1.29 bits per heavy atom. The molecule has 0 spiro atoms. The Kier molecular flexibility index (Phi) is 6.41. The van der Waals surface area contributed by atoms with Crippen LogP contribution in [0.25, 0.3) is 0 Å². The number of nitrogens with one attached hydrogen (secondary N) is 1. The van der Waals surface area contributed by atoms with Crippen LogP contribution in [0.15, 0.2) is 0 Å². The molecule has 1 N–H and O–H groups in total. The first-order valence-electron chi connectivity index (χ1n) is 8.00. The summed E-state index contributed by atoms with van der Waals surface area (Å²) < 4.78 is 5.77. The van der Waals surface area contributed by atoms with Crippen LogP contribution in [-0.4, -0.2) is 99.8 Å². The Bertz CT molecular complexity index is 330. The van der Waals surface area contributed by atoms with Crippen LogP contribution < -0.4 is 5.32 Å². The predicted octanol–water partition coefficient (Wildman–Crippen LogP) is -0.541. The van der Waals surface area contributed by atoms with Crippen molar-refractivity contribution >= 4 is 5.91 Å². The zero-order chi connectivity index (χ0) is 15.2. The Balaban J connectivity index is 1.61. The number of likely N-dealkylation sites (N-methyl/N-ethyl adjacent to an activating group) is 2. The molecule has 2 aliphatic heterocycles. The van der Waals surface area contributed by atoms with E-state index in [1.54, 1.807) is 4.90 Å². The van der Waals surface area contributed by atoms with E-state index in [0.29, 0.717) is 18.7 Å². The summed E-state index contributed by atoms with van der Waals surface area (Å²) in [5.41, 5.74) is 0. The van der Waals surface area contributed by atoms with Gasteiger partial charge in [-0.3, -0.25) is 9.69 Å². The molecule has 0 aliphatic carbocycles. The molecule has 6 heteroatoms. The summed E-state index contributed by atoms with van der Waals surface area (Å²) in [6, 6.07) is 0.562. The third-order valence-electron chi connectivity index (χ3n) is 4.42. The van der Waals surface area contributed by atoms with Crippen LogP contribution in [0, 0.1) is 0 Å². The number of hydrogen-bond donors (Lipinski definition) is 1. The van der Waals surface area contributed by atoms with Crippen LogP contribution in [0.2, 0.25) is 0 Å². The fraction of sp³-hybridized carbons (Fsp3) is 0.933. The molecule has 2 heterocycles. The maximum Gasteiger partial charge on any atom is 0.236 e. The molecule has 2 fully saturated rings.